The summed E-state index contributed by atoms with van der Waals surface area (Å²) in [7, 11) is 1.67. The molecule has 0 spiro atoms. The Morgan fingerprint density at radius 2 is 1.81 bits per heavy atom. The van der Waals surface area contributed by atoms with Crippen molar-refractivity contribution in [2.75, 3.05) is 11.9 Å². The molecular weight excluding hydrogens is 264 g/mol. The summed E-state index contributed by atoms with van der Waals surface area (Å²) in [6.45, 7) is 0. The molecule has 2 aromatic rings. The second kappa shape index (κ2) is 7.11. The van der Waals surface area contributed by atoms with E-state index < -0.39 is 6.09 Å². The van der Waals surface area contributed by atoms with E-state index in [1.165, 1.54) is 4.90 Å². The Hall–Kier alpha value is -2.80. The summed E-state index contributed by atoms with van der Waals surface area (Å²) in [5.74, 6) is 0.489. The number of benzene rings is 2. The largest absolute Gasteiger partial charge is 0.419 e. The van der Waals surface area contributed by atoms with Crippen LogP contribution in [0.3, 0.4) is 0 Å². The predicted octanol–water partition coefficient (Wildman–Crippen LogP) is 3.78. The van der Waals surface area contributed by atoms with Gasteiger partial charge in [-0.25, -0.2) is 4.79 Å². The van der Waals surface area contributed by atoms with E-state index in [-0.39, 0.29) is 0 Å². The Kier molecular flexibility index (Phi) is 4.94. The Bertz CT molecular complexity index is 630. The summed E-state index contributed by atoms with van der Waals surface area (Å²) in [6.07, 6.45) is 0.746. The first-order chi connectivity index (χ1) is 10.2. The van der Waals surface area contributed by atoms with Gasteiger partial charge in [0.1, 0.15) is 5.75 Å². The Morgan fingerprint density at radius 3 is 2.43 bits per heavy atom. The van der Waals surface area contributed by atoms with Crippen molar-refractivity contribution in [3.05, 3.63) is 60.2 Å². The number of nitrogens with zero attached hydrogens (tertiary/aromatic N) is 2. The van der Waals surface area contributed by atoms with Crippen LogP contribution < -0.4 is 9.64 Å². The fraction of sp³-hybridized carbons (Fsp3) is 0.176. The van der Waals surface area contributed by atoms with Crippen molar-refractivity contribution < 1.29 is 9.53 Å². The van der Waals surface area contributed by atoms with E-state index in [1.807, 2.05) is 42.5 Å². The minimum Gasteiger partial charge on any atom is -0.410 e. The van der Waals surface area contributed by atoms with E-state index in [1.54, 1.807) is 19.2 Å². The number of nitriles is 1. The number of ether oxygens (including phenoxy) is 1. The number of rotatable bonds is 4. The van der Waals surface area contributed by atoms with E-state index in [0.29, 0.717) is 18.6 Å². The lowest BCUT2D eigenvalue weighted by Crippen LogP contribution is -2.29. The predicted molar refractivity (Wildman–Crippen MR) is 81.2 cm³/mol. The number of para-hydroxylation sites is 1. The number of hydrogen-bond acceptors (Lipinski definition) is 3. The highest BCUT2D eigenvalue weighted by molar-refractivity contribution is 5.88. The van der Waals surface area contributed by atoms with Crippen molar-refractivity contribution in [3.63, 3.8) is 0 Å². The van der Waals surface area contributed by atoms with Crippen molar-refractivity contribution in [1.82, 2.24) is 0 Å². The van der Waals surface area contributed by atoms with Gasteiger partial charge in [0.15, 0.2) is 0 Å². The summed E-state index contributed by atoms with van der Waals surface area (Å²) in [4.78, 5) is 13.5. The highest BCUT2D eigenvalue weighted by atomic mass is 16.6. The molecule has 0 bridgehead atoms. The summed E-state index contributed by atoms with van der Waals surface area (Å²) >= 11 is 0. The Morgan fingerprint density at radius 1 is 1.14 bits per heavy atom. The summed E-state index contributed by atoms with van der Waals surface area (Å²) in [5, 5.41) is 8.55. The normalized spacial score (nSPS) is 9.71. The van der Waals surface area contributed by atoms with Gasteiger partial charge < -0.3 is 4.74 Å². The first-order valence-electron chi connectivity index (χ1n) is 6.67. The monoisotopic (exact) mass is 280 g/mol. The SMILES string of the molecule is CN(C(=O)Oc1ccc(CCC#N)cc1)c1ccccc1. The molecule has 0 N–H and O–H groups in total. The second-order valence-electron chi connectivity index (χ2n) is 4.56. The molecule has 0 unspecified atom stereocenters. The molecule has 21 heavy (non-hydrogen) atoms. The van der Waals surface area contributed by atoms with E-state index in [9.17, 15) is 4.79 Å². The Balaban J connectivity index is 1.98. The molecular formula is C17H16N2O2. The van der Waals surface area contributed by atoms with Gasteiger partial charge in [-0.1, -0.05) is 30.3 Å². The quantitative estimate of drug-likeness (QED) is 0.856. The molecule has 0 radical (unpaired) electrons. The topological polar surface area (TPSA) is 53.3 Å². The lowest BCUT2D eigenvalue weighted by Gasteiger charge is -2.16. The van der Waals surface area contributed by atoms with Crippen LogP contribution in [0.1, 0.15) is 12.0 Å². The molecule has 0 saturated carbocycles. The maximum atomic E-state index is 12.0. The zero-order valence-electron chi connectivity index (χ0n) is 11.8. The van der Waals surface area contributed by atoms with Crippen LogP contribution in [0.25, 0.3) is 0 Å². The summed E-state index contributed by atoms with van der Waals surface area (Å²) in [6, 6.07) is 18.6. The molecule has 0 atom stereocenters. The standard InChI is InChI=1S/C17H16N2O2/c1-19(15-7-3-2-4-8-15)17(20)21-16-11-9-14(10-12-16)6-5-13-18/h2-4,7-12H,5-6H2,1H3. The van der Waals surface area contributed by atoms with Gasteiger partial charge in [0.25, 0.3) is 0 Å². The molecule has 0 aliphatic heterocycles. The second-order valence-corrected chi connectivity index (χ2v) is 4.56. The van der Waals surface area contributed by atoms with Crippen molar-refractivity contribution in [2.24, 2.45) is 0 Å². The zero-order valence-corrected chi connectivity index (χ0v) is 11.8. The molecule has 2 aromatic carbocycles. The molecule has 4 heteroatoms. The van der Waals surface area contributed by atoms with Crippen molar-refractivity contribution in [2.45, 2.75) is 12.8 Å². The van der Waals surface area contributed by atoms with Crippen LogP contribution in [0, 0.1) is 11.3 Å². The van der Waals surface area contributed by atoms with Gasteiger partial charge in [-0.3, -0.25) is 4.90 Å². The van der Waals surface area contributed by atoms with Gasteiger partial charge >= 0.3 is 6.09 Å². The lowest BCUT2D eigenvalue weighted by atomic mass is 10.1. The van der Waals surface area contributed by atoms with Gasteiger partial charge in [0, 0.05) is 19.2 Å². The van der Waals surface area contributed by atoms with Crippen molar-refractivity contribution in [3.8, 4) is 11.8 Å². The molecule has 106 valence electrons. The molecule has 0 aliphatic rings. The van der Waals surface area contributed by atoms with E-state index in [4.69, 9.17) is 10.00 Å². The maximum Gasteiger partial charge on any atom is 0.419 e. The lowest BCUT2D eigenvalue weighted by molar-refractivity contribution is 0.209. The smallest absolute Gasteiger partial charge is 0.410 e. The average molecular weight is 280 g/mol. The molecule has 1 amide bonds. The van der Waals surface area contributed by atoms with Crippen LogP contribution in [0.15, 0.2) is 54.6 Å². The van der Waals surface area contributed by atoms with E-state index in [2.05, 4.69) is 6.07 Å². The van der Waals surface area contributed by atoms with Crippen LogP contribution in [-0.2, 0) is 6.42 Å². The van der Waals surface area contributed by atoms with Crippen LogP contribution in [0.5, 0.6) is 5.75 Å². The number of carbonyl (C=O) groups is 1. The molecule has 0 aliphatic carbocycles. The fourth-order valence-corrected chi connectivity index (χ4v) is 1.85. The number of anilines is 1. The van der Waals surface area contributed by atoms with Crippen LogP contribution in [-0.4, -0.2) is 13.1 Å². The molecule has 0 saturated heterocycles. The number of aryl methyl sites for hydroxylation is 1. The average Bonchev–Trinajstić information content (AvgIpc) is 2.54. The van der Waals surface area contributed by atoms with Crippen LogP contribution in [0.4, 0.5) is 10.5 Å². The summed E-state index contributed by atoms with van der Waals surface area (Å²) in [5.41, 5.74) is 1.82. The molecule has 0 aromatic heterocycles. The van der Waals surface area contributed by atoms with Gasteiger partial charge in [-0.2, -0.15) is 5.26 Å². The number of hydrogen-bond donors (Lipinski definition) is 0. The fourth-order valence-electron chi connectivity index (χ4n) is 1.85. The maximum absolute atomic E-state index is 12.0. The van der Waals surface area contributed by atoms with Gasteiger partial charge in [0.05, 0.1) is 6.07 Å². The minimum atomic E-state index is -0.439. The van der Waals surface area contributed by atoms with Gasteiger partial charge in [0.2, 0.25) is 0 Å². The zero-order chi connectivity index (χ0) is 15.1. The van der Waals surface area contributed by atoms with Gasteiger partial charge in [-0.15, -0.1) is 0 Å². The number of carbonyl (C=O) groups excluding carboxylic acids is 1. The highest BCUT2D eigenvalue weighted by Gasteiger charge is 2.12. The molecule has 2 rings (SSSR count). The molecule has 0 heterocycles. The first kappa shape index (κ1) is 14.6. The summed E-state index contributed by atoms with van der Waals surface area (Å²) < 4.78 is 5.31. The van der Waals surface area contributed by atoms with Gasteiger partial charge in [-0.05, 0) is 36.2 Å². The third-order valence-corrected chi connectivity index (χ3v) is 3.07. The molecule has 4 nitrogen and oxygen atoms in total. The van der Waals surface area contributed by atoms with Crippen molar-refractivity contribution in [1.29, 1.82) is 5.26 Å². The van der Waals surface area contributed by atoms with Crippen molar-refractivity contribution >= 4 is 11.8 Å². The minimum absolute atomic E-state index is 0.439. The highest BCUT2D eigenvalue weighted by Crippen LogP contribution is 2.17. The third-order valence-electron chi connectivity index (χ3n) is 3.07. The van der Waals surface area contributed by atoms with Crippen LogP contribution >= 0.6 is 0 Å². The third kappa shape index (κ3) is 4.08. The Labute approximate surface area is 124 Å². The van der Waals surface area contributed by atoms with Crippen LogP contribution in [0.2, 0.25) is 0 Å². The molecule has 0 fully saturated rings. The van der Waals surface area contributed by atoms with E-state index >= 15 is 0 Å². The number of amides is 1. The van der Waals surface area contributed by atoms with E-state index in [0.717, 1.165) is 11.3 Å². The first-order valence-corrected chi connectivity index (χ1v) is 6.67.